The lowest BCUT2D eigenvalue weighted by atomic mass is 9.90. The molecule has 0 aliphatic carbocycles. The summed E-state index contributed by atoms with van der Waals surface area (Å²) in [6, 6.07) is 2.81. The summed E-state index contributed by atoms with van der Waals surface area (Å²) < 4.78 is 0. The molecule has 0 saturated heterocycles. The van der Waals surface area contributed by atoms with Gasteiger partial charge in [-0.3, -0.25) is 0 Å². The van der Waals surface area contributed by atoms with Crippen LogP contribution in [0.3, 0.4) is 0 Å². The molecule has 2 N–H and O–H groups in total. The summed E-state index contributed by atoms with van der Waals surface area (Å²) in [6.45, 7) is -0.0291. The monoisotopic (exact) mass is 308 g/mol. The maximum Gasteiger partial charge on any atom is 0.0721 e. The standard InChI is InChI=1S/C16H22O6/c17-9-3-1-5-11-7-8-13(15(19)20)12(6-2-4-10-18)14(11)16(21)22/h7-8,17-18H,1-6,9-10H2,(H,19,20)(H,21,22)/p-2. The van der Waals surface area contributed by atoms with Gasteiger partial charge in [-0.15, -0.1) is 0 Å². The van der Waals surface area contributed by atoms with Crippen LogP contribution in [0.1, 0.15) is 57.5 Å². The van der Waals surface area contributed by atoms with Gasteiger partial charge in [0.2, 0.25) is 0 Å². The van der Waals surface area contributed by atoms with Crippen LogP contribution in [0.5, 0.6) is 0 Å². The lowest BCUT2D eigenvalue weighted by Crippen LogP contribution is -2.30. The Balaban J connectivity index is 3.21. The molecule has 0 aliphatic heterocycles. The molecular formula is C16H20O6-2. The number of aliphatic hydroxyl groups excluding tert-OH is 2. The largest absolute Gasteiger partial charge is 0.545 e. The number of carboxylic acids is 2. The number of rotatable bonds is 10. The molecule has 0 aromatic heterocycles. The van der Waals surface area contributed by atoms with Crippen LogP contribution in [-0.2, 0) is 12.8 Å². The molecule has 0 fully saturated rings. The predicted octanol–water partition coefficient (Wildman–Crippen LogP) is -0.956. The van der Waals surface area contributed by atoms with Gasteiger partial charge in [-0.05, 0) is 49.7 Å². The summed E-state index contributed by atoms with van der Waals surface area (Å²) in [4.78, 5) is 22.7. The Morgan fingerprint density at radius 1 is 0.864 bits per heavy atom. The van der Waals surface area contributed by atoms with Crippen LogP contribution in [0.15, 0.2) is 12.1 Å². The third kappa shape index (κ3) is 4.82. The Morgan fingerprint density at radius 2 is 1.45 bits per heavy atom. The first-order valence-electron chi connectivity index (χ1n) is 7.32. The number of unbranched alkanes of at least 4 members (excludes halogenated alkanes) is 2. The minimum Gasteiger partial charge on any atom is -0.545 e. The third-order valence-corrected chi connectivity index (χ3v) is 3.51. The van der Waals surface area contributed by atoms with Gasteiger partial charge in [0.05, 0.1) is 11.9 Å². The minimum absolute atomic E-state index is 0.0150. The first kappa shape index (κ1) is 18.1. The fourth-order valence-corrected chi connectivity index (χ4v) is 2.45. The summed E-state index contributed by atoms with van der Waals surface area (Å²) >= 11 is 0. The molecule has 1 aromatic rings. The maximum atomic E-state index is 11.5. The number of carbonyl (C=O) groups is 2. The molecule has 0 bridgehead atoms. The maximum absolute atomic E-state index is 11.5. The smallest absolute Gasteiger partial charge is 0.0721 e. The van der Waals surface area contributed by atoms with Crippen molar-refractivity contribution in [2.45, 2.75) is 38.5 Å². The van der Waals surface area contributed by atoms with Crippen LogP contribution >= 0.6 is 0 Å². The van der Waals surface area contributed by atoms with E-state index in [1.54, 1.807) is 0 Å². The number of carboxylic acid groups (broad SMARTS) is 2. The van der Waals surface area contributed by atoms with Gasteiger partial charge in [-0.2, -0.15) is 0 Å². The van der Waals surface area contributed by atoms with Crippen molar-refractivity contribution in [3.8, 4) is 0 Å². The van der Waals surface area contributed by atoms with Crippen LogP contribution < -0.4 is 10.2 Å². The molecule has 1 rings (SSSR count). The van der Waals surface area contributed by atoms with E-state index in [0.717, 1.165) is 0 Å². The number of hydrogen-bond acceptors (Lipinski definition) is 6. The molecule has 6 heteroatoms. The zero-order valence-corrected chi connectivity index (χ0v) is 12.3. The van der Waals surface area contributed by atoms with E-state index in [1.807, 2.05) is 0 Å². The number of hydrogen-bond donors (Lipinski definition) is 2. The Labute approximate surface area is 129 Å². The number of aryl methyl sites for hydroxylation is 1. The van der Waals surface area contributed by atoms with Crippen LogP contribution in [-0.4, -0.2) is 35.4 Å². The van der Waals surface area contributed by atoms with E-state index in [-0.39, 0.29) is 36.3 Å². The van der Waals surface area contributed by atoms with Gasteiger partial charge in [0.1, 0.15) is 0 Å². The van der Waals surface area contributed by atoms with E-state index in [1.165, 1.54) is 12.1 Å². The molecule has 0 heterocycles. The minimum atomic E-state index is -1.43. The van der Waals surface area contributed by atoms with Crippen molar-refractivity contribution in [3.63, 3.8) is 0 Å². The highest BCUT2D eigenvalue weighted by atomic mass is 16.4. The Hall–Kier alpha value is -1.92. The molecule has 1 aromatic carbocycles. The highest BCUT2D eigenvalue weighted by Gasteiger charge is 2.14. The Morgan fingerprint density at radius 3 is 1.95 bits per heavy atom. The van der Waals surface area contributed by atoms with Crippen LogP contribution in [0, 0.1) is 0 Å². The van der Waals surface area contributed by atoms with E-state index < -0.39 is 11.9 Å². The number of benzene rings is 1. The van der Waals surface area contributed by atoms with Gasteiger partial charge in [0.15, 0.2) is 0 Å². The van der Waals surface area contributed by atoms with Crippen LogP contribution in [0.2, 0.25) is 0 Å². The van der Waals surface area contributed by atoms with Gasteiger partial charge in [0, 0.05) is 24.3 Å². The van der Waals surface area contributed by atoms with Crippen molar-refractivity contribution in [1.82, 2.24) is 0 Å². The van der Waals surface area contributed by atoms with Crippen molar-refractivity contribution in [2.24, 2.45) is 0 Å². The average Bonchev–Trinajstić information content (AvgIpc) is 2.47. The van der Waals surface area contributed by atoms with E-state index >= 15 is 0 Å². The molecule has 0 atom stereocenters. The Bertz CT molecular complexity index is 524. The van der Waals surface area contributed by atoms with Gasteiger partial charge >= 0.3 is 0 Å². The highest BCUT2D eigenvalue weighted by molar-refractivity contribution is 5.96. The number of aromatic carboxylic acids is 2. The van der Waals surface area contributed by atoms with E-state index in [4.69, 9.17) is 10.2 Å². The zero-order chi connectivity index (χ0) is 16.5. The summed E-state index contributed by atoms with van der Waals surface area (Å²) in [6.07, 6.45) is 2.70. The second-order valence-corrected chi connectivity index (χ2v) is 5.06. The van der Waals surface area contributed by atoms with Gasteiger partial charge < -0.3 is 30.0 Å². The van der Waals surface area contributed by atoms with Crippen molar-refractivity contribution in [1.29, 1.82) is 0 Å². The van der Waals surface area contributed by atoms with Crippen molar-refractivity contribution >= 4 is 11.9 Å². The molecule has 122 valence electrons. The average molecular weight is 308 g/mol. The lowest BCUT2D eigenvalue weighted by molar-refractivity contribution is -0.255. The summed E-state index contributed by atoms with van der Waals surface area (Å²) in [5, 5.41) is 40.3. The third-order valence-electron chi connectivity index (χ3n) is 3.51. The molecule has 22 heavy (non-hydrogen) atoms. The molecule has 0 unspecified atom stereocenters. The fourth-order valence-electron chi connectivity index (χ4n) is 2.45. The molecule has 0 radical (unpaired) electrons. The summed E-state index contributed by atoms with van der Waals surface area (Å²) in [5.41, 5.74) is 0.438. The van der Waals surface area contributed by atoms with E-state index in [0.29, 0.717) is 37.7 Å². The number of carbonyl (C=O) groups excluding carboxylic acids is 2. The highest BCUT2D eigenvalue weighted by Crippen LogP contribution is 2.23. The first-order valence-corrected chi connectivity index (χ1v) is 7.32. The Kier molecular flexibility index (Phi) is 7.56. The second-order valence-electron chi connectivity index (χ2n) is 5.06. The zero-order valence-electron chi connectivity index (χ0n) is 12.3. The molecule has 0 spiro atoms. The topological polar surface area (TPSA) is 121 Å². The van der Waals surface area contributed by atoms with Gasteiger partial charge in [-0.25, -0.2) is 0 Å². The normalized spacial score (nSPS) is 10.6. The molecule has 0 amide bonds. The van der Waals surface area contributed by atoms with Crippen LogP contribution in [0.4, 0.5) is 0 Å². The fraction of sp³-hybridized carbons (Fsp3) is 0.500. The molecule has 0 aliphatic rings. The summed E-state index contributed by atoms with van der Waals surface area (Å²) in [7, 11) is 0. The lowest BCUT2D eigenvalue weighted by Gasteiger charge is -2.20. The molecule has 6 nitrogen and oxygen atoms in total. The summed E-state index contributed by atoms with van der Waals surface area (Å²) in [5.74, 6) is -2.84. The number of aliphatic hydroxyl groups is 2. The molecule has 0 saturated carbocycles. The van der Waals surface area contributed by atoms with E-state index in [9.17, 15) is 19.8 Å². The van der Waals surface area contributed by atoms with E-state index in [2.05, 4.69) is 0 Å². The van der Waals surface area contributed by atoms with Crippen LogP contribution in [0.25, 0.3) is 0 Å². The quantitative estimate of drug-likeness (QED) is 0.537. The SMILES string of the molecule is O=C([O-])c1ccc(CCCCO)c(C(=O)[O-])c1CCCCO. The van der Waals surface area contributed by atoms with Crippen molar-refractivity contribution < 1.29 is 30.0 Å². The second kappa shape index (κ2) is 9.17. The predicted molar refractivity (Wildman–Crippen MR) is 75.2 cm³/mol. The first-order chi connectivity index (χ1) is 10.5. The van der Waals surface area contributed by atoms with Gasteiger partial charge in [-0.1, -0.05) is 12.1 Å². The van der Waals surface area contributed by atoms with Crippen molar-refractivity contribution in [2.75, 3.05) is 13.2 Å². The van der Waals surface area contributed by atoms with Crippen molar-refractivity contribution in [3.05, 3.63) is 34.4 Å². The molecular weight excluding hydrogens is 288 g/mol. The van der Waals surface area contributed by atoms with Gasteiger partial charge in [0.25, 0.3) is 0 Å².